The molecule has 1 spiro atoms. The Kier molecular flexibility index (Phi) is 2.27. The zero-order valence-corrected chi connectivity index (χ0v) is 9.96. The predicted octanol–water partition coefficient (Wildman–Crippen LogP) is 1.86. The van der Waals surface area contributed by atoms with Gasteiger partial charge in [-0.1, -0.05) is 13.8 Å². The SMILES string of the molecule is CC1=CC2(CC(C)(C)C1(C)O)OCCO2. The molecule has 1 atom stereocenters. The van der Waals surface area contributed by atoms with Crippen LogP contribution in [0, 0.1) is 5.41 Å². The molecule has 1 heterocycles. The number of hydrogen-bond acceptors (Lipinski definition) is 3. The van der Waals surface area contributed by atoms with E-state index in [1.54, 1.807) is 0 Å². The minimum Gasteiger partial charge on any atom is -0.385 e. The highest BCUT2D eigenvalue weighted by Crippen LogP contribution is 2.49. The highest BCUT2D eigenvalue weighted by Gasteiger charge is 2.52. The second-order valence-corrected chi connectivity index (χ2v) is 5.47. The molecule has 1 aliphatic carbocycles. The zero-order valence-electron chi connectivity index (χ0n) is 9.96. The Balaban J connectivity index is 2.40. The van der Waals surface area contributed by atoms with Crippen LogP contribution in [0.2, 0.25) is 0 Å². The van der Waals surface area contributed by atoms with Gasteiger partial charge in [-0.15, -0.1) is 0 Å². The molecule has 0 saturated carbocycles. The first-order valence-corrected chi connectivity index (χ1v) is 5.49. The van der Waals surface area contributed by atoms with Crippen molar-refractivity contribution in [1.82, 2.24) is 0 Å². The summed E-state index contributed by atoms with van der Waals surface area (Å²) >= 11 is 0. The normalized spacial score (nSPS) is 38.1. The summed E-state index contributed by atoms with van der Waals surface area (Å²) in [5.41, 5.74) is -0.0929. The van der Waals surface area contributed by atoms with E-state index in [0.717, 1.165) is 5.57 Å². The lowest BCUT2D eigenvalue weighted by molar-refractivity contribution is -0.176. The van der Waals surface area contributed by atoms with Crippen LogP contribution < -0.4 is 0 Å². The molecular formula is C12H20O3. The van der Waals surface area contributed by atoms with E-state index in [1.807, 2.05) is 19.9 Å². The van der Waals surface area contributed by atoms with E-state index in [4.69, 9.17) is 9.47 Å². The Morgan fingerprint density at radius 3 is 2.20 bits per heavy atom. The molecule has 2 aliphatic rings. The van der Waals surface area contributed by atoms with Crippen LogP contribution in [0.1, 0.15) is 34.1 Å². The van der Waals surface area contributed by atoms with Crippen LogP contribution in [0.4, 0.5) is 0 Å². The third kappa shape index (κ3) is 1.53. The molecule has 0 aromatic rings. The van der Waals surface area contributed by atoms with Crippen molar-refractivity contribution in [3.05, 3.63) is 11.6 Å². The van der Waals surface area contributed by atoms with Crippen LogP contribution in [0.5, 0.6) is 0 Å². The maximum absolute atomic E-state index is 10.4. The molecule has 3 heteroatoms. The van der Waals surface area contributed by atoms with Crippen molar-refractivity contribution in [3.8, 4) is 0 Å². The van der Waals surface area contributed by atoms with Gasteiger partial charge in [0.2, 0.25) is 0 Å². The minimum atomic E-state index is -0.784. The van der Waals surface area contributed by atoms with Crippen LogP contribution in [0.25, 0.3) is 0 Å². The van der Waals surface area contributed by atoms with Gasteiger partial charge in [0.05, 0.1) is 18.8 Å². The highest BCUT2D eigenvalue weighted by molar-refractivity contribution is 5.26. The van der Waals surface area contributed by atoms with Crippen molar-refractivity contribution < 1.29 is 14.6 Å². The average molecular weight is 212 g/mol. The first-order chi connectivity index (χ1) is 6.79. The Labute approximate surface area is 91.1 Å². The predicted molar refractivity (Wildman–Crippen MR) is 57.4 cm³/mol. The van der Waals surface area contributed by atoms with Crippen molar-refractivity contribution in [2.45, 2.75) is 45.5 Å². The van der Waals surface area contributed by atoms with Crippen LogP contribution in [-0.2, 0) is 9.47 Å². The van der Waals surface area contributed by atoms with E-state index >= 15 is 0 Å². The smallest absolute Gasteiger partial charge is 0.188 e. The second kappa shape index (κ2) is 3.06. The summed E-state index contributed by atoms with van der Waals surface area (Å²) in [6.45, 7) is 9.19. The second-order valence-electron chi connectivity index (χ2n) is 5.47. The van der Waals surface area contributed by atoms with Gasteiger partial charge in [-0.3, -0.25) is 0 Å². The Morgan fingerprint density at radius 1 is 1.20 bits per heavy atom. The summed E-state index contributed by atoms with van der Waals surface area (Å²) < 4.78 is 11.3. The lowest BCUT2D eigenvalue weighted by Gasteiger charge is -2.49. The molecule has 0 bridgehead atoms. The molecule has 2 rings (SSSR count). The molecule has 1 aliphatic heterocycles. The van der Waals surface area contributed by atoms with Gasteiger partial charge in [-0.25, -0.2) is 0 Å². The monoisotopic (exact) mass is 212 g/mol. The summed E-state index contributed by atoms with van der Waals surface area (Å²) in [7, 11) is 0. The molecule has 0 amide bonds. The van der Waals surface area contributed by atoms with Crippen molar-refractivity contribution in [2.75, 3.05) is 13.2 Å². The first-order valence-electron chi connectivity index (χ1n) is 5.49. The number of rotatable bonds is 0. The fourth-order valence-electron chi connectivity index (χ4n) is 2.50. The van der Waals surface area contributed by atoms with E-state index in [0.29, 0.717) is 19.6 Å². The van der Waals surface area contributed by atoms with Crippen LogP contribution in [0.15, 0.2) is 11.6 Å². The highest BCUT2D eigenvalue weighted by atomic mass is 16.7. The van der Waals surface area contributed by atoms with Gasteiger partial charge in [0, 0.05) is 11.8 Å². The van der Waals surface area contributed by atoms with E-state index in [9.17, 15) is 5.11 Å². The maximum Gasteiger partial charge on any atom is 0.188 e. The van der Waals surface area contributed by atoms with Crippen molar-refractivity contribution in [1.29, 1.82) is 0 Å². The molecule has 0 aromatic heterocycles. The number of aliphatic hydroxyl groups is 1. The molecule has 0 aromatic carbocycles. The lowest BCUT2D eigenvalue weighted by Crippen LogP contribution is -2.52. The molecular weight excluding hydrogens is 192 g/mol. The van der Waals surface area contributed by atoms with Crippen molar-refractivity contribution in [3.63, 3.8) is 0 Å². The quantitative estimate of drug-likeness (QED) is 0.623. The van der Waals surface area contributed by atoms with Crippen LogP contribution in [-0.4, -0.2) is 29.7 Å². The molecule has 15 heavy (non-hydrogen) atoms. The summed E-state index contributed by atoms with van der Waals surface area (Å²) in [6, 6.07) is 0. The van der Waals surface area contributed by atoms with E-state index in [2.05, 4.69) is 13.8 Å². The van der Waals surface area contributed by atoms with Gasteiger partial charge in [0.25, 0.3) is 0 Å². The minimum absolute atomic E-state index is 0.240. The summed E-state index contributed by atoms with van der Waals surface area (Å²) in [5, 5.41) is 10.4. The zero-order chi connectivity index (χ0) is 11.3. The topological polar surface area (TPSA) is 38.7 Å². The van der Waals surface area contributed by atoms with Crippen molar-refractivity contribution in [2.24, 2.45) is 5.41 Å². The molecule has 0 radical (unpaired) electrons. The molecule has 1 saturated heterocycles. The largest absolute Gasteiger partial charge is 0.385 e. The van der Waals surface area contributed by atoms with Gasteiger partial charge in [0.15, 0.2) is 5.79 Å². The third-order valence-electron chi connectivity index (χ3n) is 3.99. The van der Waals surface area contributed by atoms with E-state index in [1.165, 1.54) is 0 Å². The molecule has 1 N–H and O–H groups in total. The van der Waals surface area contributed by atoms with Gasteiger partial charge in [0.1, 0.15) is 0 Å². The van der Waals surface area contributed by atoms with Crippen LogP contribution >= 0.6 is 0 Å². The third-order valence-corrected chi connectivity index (χ3v) is 3.99. The Hall–Kier alpha value is -0.380. The fourth-order valence-corrected chi connectivity index (χ4v) is 2.50. The standard InChI is InChI=1S/C12H20O3/c1-9-7-12(14-5-6-15-12)8-10(2,3)11(9,4)13/h7,13H,5-6,8H2,1-4H3. The van der Waals surface area contributed by atoms with Gasteiger partial charge in [-0.05, 0) is 25.5 Å². The number of hydrogen-bond donors (Lipinski definition) is 1. The fraction of sp³-hybridized carbons (Fsp3) is 0.833. The van der Waals surface area contributed by atoms with Crippen molar-refractivity contribution >= 4 is 0 Å². The summed E-state index contributed by atoms with van der Waals surface area (Å²) in [5.74, 6) is -0.587. The molecule has 1 fully saturated rings. The molecule has 1 unspecified atom stereocenters. The van der Waals surface area contributed by atoms with Gasteiger partial charge >= 0.3 is 0 Å². The van der Waals surface area contributed by atoms with Gasteiger partial charge in [-0.2, -0.15) is 0 Å². The average Bonchev–Trinajstić information content (AvgIpc) is 2.49. The summed E-state index contributed by atoms with van der Waals surface area (Å²) in [4.78, 5) is 0. The van der Waals surface area contributed by atoms with Gasteiger partial charge < -0.3 is 14.6 Å². The first kappa shape index (κ1) is 11.1. The Morgan fingerprint density at radius 2 is 1.73 bits per heavy atom. The maximum atomic E-state index is 10.4. The van der Waals surface area contributed by atoms with E-state index in [-0.39, 0.29) is 5.41 Å². The Bertz CT molecular complexity index is 296. The van der Waals surface area contributed by atoms with E-state index < -0.39 is 11.4 Å². The molecule has 3 nitrogen and oxygen atoms in total. The summed E-state index contributed by atoms with van der Waals surface area (Å²) in [6.07, 6.45) is 2.63. The van der Waals surface area contributed by atoms with Crippen LogP contribution in [0.3, 0.4) is 0 Å². The lowest BCUT2D eigenvalue weighted by atomic mass is 9.64. The molecule has 86 valence electrons. The number of ether oxygens (including phenoxy) is 2.